The largest absolute Gasteiger partial charge is 0.504 e. The van der Waals surface area contributed by atoms with E-state index in [1.807, 2.05) is 54.6 Å². The number of carbonyl (C=O) groups is 1. The maximum absolute atomic E-state index is 11.8. The van der Waals surface area contributed by atoms with Gasteiger partial charge in [0.25, 0.3) is 0 Å². The molecular weight excluding hydrogens is 376 g/mol. The SMILES string of the molecule is Cc1c(O)c(O)c(C=O)c(COCc2ccccc2)c1-c1ccc(C(C)(C)C)cc1. The van der Waals surface area contributed by atoms with E-state index >= 15 is 0 Å². The molecule has 0 heterocycles. The summed E-state index contributed by atoms with van der Waals surface area (Å²) < 4.78 is 5.89. The van der Waals surface area contributed by atoms with Crippen LogP contribution in [0.15, 0.2) is 54.6 Å². The highest BCUT2D eigenvalue weighted by Crippen LogP contribution is 2.43. The molecule has 0 aliphatic rings. The molecule has 0 spiro atoms. The number of rotatable bonds is 6. The lowest BCUT2D eigenvalue weighted by atomic mass is 9.84. The molecule has 0 saturated carbocycles. The molecule has 2 N–H and O–H groups in total. The van der Waals surface area contributed by atoms with Crippen molar-refractivity contribution in [3.8, 4) is 22.6 Å². The van der Waals surface area contributed by atoms with Crippen LogP contribution in [0.2, 0.25) is 0 Å². The van der Waals surface area contributed by atoms with Gasteiger partial charge in [-0.1, -0.05) is 75.4 Å². The molecule has 3 rings (SSSR count). The number of phenolic OH excluding ortho intramolecular Hbond substituents is 2. The second-order valence-electron chi connectivity index (χ2n) is 8.51. The number of benzene rings is 3. The summed E-state index contributed by atoms with van der Waals surface area (Å²) in [5, 5.41) is 20.8. The van der Waals surface area contributed by atoms with Gasteiger partial charge in [-0.15, -0.1) is 0 Å². The summed E-state index contributed by atoms with van der Waals surface area (Å²) >= 11 is 0. The molecular formula is C26H28O4. The number of aldehydes is 1. The number of aromatic hydroxyl groups is 2. The standard InChI is InChI=1S/C26H28O4/c1-17-23(19-10-12-20(13-11-19)26(2,3)4)22(21(14-27)25(29)24(17)28)16-30-15-18-8-6-5-7-9-18/h5-14,28-29H,15-16H2,1-4H3. The Bertz CT molecular complexity index is 1030. The second kappa shape index (κ2) is 8.72. The monoisotopic (exact) mass is 404 g/mol. The van der Waals surface area contributed by atoms with Crippen molar-refractivity contribution in [3.63, 3.8) is 0 Å². The molecule has 156 valence electrons. The third kappa shape index (κ3) is 4.39. The molecule has 3 aromatic carbocycles. The van der Waals surface area contributed by atoms with E-state index in [-0.39, 0.29) is 23.3 Å². The minimum atomic E-state index is -0.407. The average molecular weight is 405 g/mol. The van der Waals surface area contributed by atoms with Crippen LogP contribution >= 0.6 is 0 Å². The second-order valence-corrected chi connectivity index (χ2v) is 8.51. The molecule has 4 nitrogen and oxygen atoms in total. The van der Waals surface area contributed by atoms with E-state index in [0.29, 0.717) is 29.6 Å². The van der Waals surface area contributed by atoms with E-state index < -0.39 is 5.75 Å². The first-order valence-electron chi connectivity index (χ1n) is 9.99. The number of hydrogen-bond acceptors (Lipinski definition) is 4. The molecule has 4 heteroatoms. The topological polar surface area (TPSA) is 66.8 Å². The van der Waals surface area contributed by atoms with E-state index in [9.17, 15) is 15.0 Å². The molecule has 0 atom stereocenters. The zero-order chi connectivity index (χ0) is 21.9. The van der Waals surface area contributed by atoms with Crippen molar-refractivity contribution < 1.29 is 19.7 Å². The lowest BCUT2D eigenvalue weighted by Crippen LogP contribution is -2.10. The van der Waals surface area contributed by atoms with Gasteiger partial charge in [0.15, 0.2) is 17.8 Å². The molecule has 0 aromatic heterocycles. The quantitative estimate of drug-likeness (QED) is 0.396. The van der Waals surface area contributed by atoms with Gasteiger partial charge in [-0.25, -0.2) is 0 Å². The van der Waals surface area contributed by atoms with Crippen LogP contribution in [0, 0.1) is 6.92 Å². The Morgan fingerprint density at radius 3 is 2.10 bits per heavy atom. The van der Waals surface area contributed by atoms with Crippen LogP contribution in [0.3, 0.4) is 0 Å². The summed E-state index contributed by atoms with van der Waals surface area (Å²) in [5.74, 6) is -0.685. The molecule has 0 aliphatic heterocycles. The van der Waals surface area contributed by atoms with E-state index in [1.165, 1.54) is 5.56 Å². The first-order chi connectivity index (χ1) is 14.2. The summed E-state index contributed by atoms with van der Waals surface area (Å²) in [4.78, 5) is 11.8. The fourth-order valence-electron chi connectivity index (χ4n) is 3.58. The highest BCUT2D eigenvalue weighted by molar-refractivity contribution is 5.90. The van der Waals surface area contributed by atoms with E-state index in [4.69, 9.17) is 4.74 Å². The number of ether oxygens (including phenoxy) is 1. The first kappa shape index (κ1) is 21.6. The summed E-state index contributed by atoms with van der Waals surface area (Å²) in [5.41, 5.74) is 4.92. The highest BCUT2D eigenvalue weighted by Gasteiger charge is 2.23. The van der Waals surface area contributed by atoms with Gasteiger partial charge in [-0.3, -0.25) is 4.79 Å². The molecule has 0 aliphatic carbocycles. The van der Waals surface area contributed by atoms with Crippen LogP contribution in [0.25, 0.3) is 11.1 Å². The maximum Gasteiger partial charge on any atom is 0.168 e. The van der Waals surface area contributed by atoms with Gasteiger partial charge in [-0.2, -0.15) is 0 Å². The maximum atomic E-state index is 11.8. The third-order valence-corrected chi connectivity index (χ3v) is 5.35. The minimum absolute atomic E-state index is 0.0141. The summed E-state index contributed by atoms with van der Waals surface area (Å²) in [6, 6.07) is 17.8. The molecule has 0 amide bonds. The molecule has 0 saturated heterocycles. The van der Waals surface area contributed by atoms with Crippen molar-refractivity contribution in [1.82, 2.24) is 0 Å². The lowest BCUT2D eigenvalue weighted by Gasteiger charge is -2.21. The number of hydrogen-bond donors (Lipinski definition) is 2. The Morgan fingerprint density at radius 2 is 1.53 bits per heavy atom. The van der Waals surface area contributed by atoms with Gasteiger partial charge < -0.3 is 14.9 Å². The molecule has 0 unspecified atom stereocenters. The van der Waals surface area contributed by atoms with Gasteiger partial charge in [0.1, 0.15) is 0 Å². The summed E-state index contributed by atoms with van der Waals surface area (Å²) in [7, 11) is 0. The fourth-order valence-corrected chi connectivity index (χ4v) is 3.58. The van der Waals surface area contributed by atoms with Crippen molar-refractivity contribution in [3.05, 3.63) is 82.4 Å². The Balaban J connectivity index is 2.04. The predicted molar refractivity (Wildman–Crippen MR) is 119 cm³/mol. The predicted octanol–water partition coefficient (Wildman–Crippen LogP) is 5.90. The van der Waals surface area contributed by atoms with Crippen LogP contribution in [0.1, 0.15) is 53.4 Å². The molecule has 3 aromatic rings. The normalized spacial score (nSPS) is 11.5. The average Bonchev–Trinajstić information content (AvgIpc) is 2.73. The number of carbonyl (C=O) groups excluding carboxylic acids is 1. The Hall–Kier alpha value is -3.11. The van der Waals surface area contributed by atoms with Crippen molar-refractivity contribution in [2.75, 3.05) is 0 Å². The molecule has 0 fully saturated rings. The number of phenols is 2. The summed E-state index contributed by atoms with van der Waals surface area (Å²) in [6.45, 7) is 8.68. The molecule has 30 heavy (non-hydrogen) atoms. The van der Waals surface area contributed by atoms with E-state index in [2.05, 4.69) is 20.8 Å². The summed E-state index contributed by atoms with van der Waals surface area (Å²) in [6.07, 6.45) is 0.572. The minimum Gasteiger partial charge on any atom is -0.504 e. The fraction of sp³-hybridized carbons (Fsp3) is 0.269. The van der Waals surface area contributed by atoms with Gasteiger partial charge in [0, 0.05) is 11.1 Å². The van der Waals surface area contributed by atoms with Gasteiger partial charge >= 0.3 is 0 Å². The van der Waals surface area contributed by atoms with Gasteiger partial charge in [0.2, 0.25) is 0 Å². The van der Waals surface area contributed by atoms with Crippen LogP contribution in [0.4, 0.5) is 0 Å². The van der Waals surface area contributed by atoms with E-state index in [1.54, 1.807) is 6.92 Å². The van der Waals surface area contributed by atoms with Crippen molar-refractivity contribution in [1.29, 1.82) is 0 Å². The van der Waals surface area contributed by atoms with Crippen LogP contribution in [-0.4, -0.2) is 16.5 Å². The van der Waals surface area contributed by atoms with Gasteiger partial charge in [-0.05, 0) is 34.6 Å². The highest BCUT2D eigenvalue weighted by atomic mass is 16.5. The van der Waals surface area contributed by atoms with E-state index in [0.717, 1.165) is 11.1 Å². The zero-order valence-electron chi connectivity index (χ0n) is 17.9. The zero-order valence-corrected chi connectivity index (χ0v) is 17.9. The van der Waals surface area contributed by atoms with Crippen LogP contribution in [-0.2, 0) is 23.4 Å². The lowest BCUT2D eigenvalue weighted by molar-refractivity contribution is 0.103. The molecule has 0 bridgehead atoms. The molecule has 0 radical (unpaired) electrons. The van der Waals surface area contributed by atoms with Crippen LogP contribution in [0.5, 0.6) is 11.5 Å². The third-order valence-electron chi connectivity index (χ3n) is 5.35. The van der Waals surface area contributed by atoms with Crippen molar-refractivity contribution in [2.45, 2.75) is 46.3 Å². The first-order valence-corrected chi connectivity index (χ1v) is 9.99. The van der Waals surface area contributed by atoms with Gasteiger partial charge in [0.05, 0.1) is 18.8 Å². The van der Waals surface area contributed by atoms with Crippen molar-refractivity contribution >= 4 is 6.29 Å². The van der Waals surface area contributed by atoms with Crippen molar-refractivity contribution in [2.24, 2.45) is 0 Å². The Labute approximate surface area is 177 Å². The Morgan fingerprint density at radius 1 is 0.900 bits per heavy atom. The Kier molecular flexibility index (Phi) is 6.28. The van der Waals surface area contributed by atoms with Crippen LogP contribution < -0.4 is 0 Å². The smallest absolute Gasteiger partial charge is 0.168 e.